The number of halogens is 2. The molecule has 0 saturated carbocycles. The highest BCUT2D eigenvalue weighted by Crippen LogP contribution is 2.28. The zero-order valence-corrected chi connectivity index (χ0v) is 9.77. The Morgan fingerprint density at radius 3 is 2.21 bits per heavy atom. The summed E-state index contributed by atoms with van der Waals surface area (Å²) in [5, 5.41) is 18.2. The summed E-state index contributed by atoms with van der Waals surface area (Å²) in [5.41, 5.74) is 0.654. The molecule has 4 heteroatoms. The van der Waals surface area contributed by atoms with Gasteiger partial charge in [-0.05, 0) is 29.3 Å². The number of nitrogens with zero attached hydrogens (tertiary/aromatic N) is 2. The average Bonchev–Trinajstić information content (AvgIpc) is 2.42. The normalized spacial score (nSPS) is 11.4. The zero-order chi connectivity index (χ0) is 13.8. The fourth-order valence-electron chi connectivity index (χ4n) is 1.88. The van der Waals surface area contributed by atoms with Crippen LogP contribution in [0.1, 0.15) is 22.6 Å². The predicted molar refractivity (Wildman–Crippen MR) is 65.0 cm³/mol. The second kappa shape index (κ2) is 5.29. The first-order chi connectivity index (χ1) is 9.17. The minimum absolute atomic E-state index is 0.154. The van der Waals surface area contributed by atoms with Crippen LogP contribution in [0.4, 0.5) is 8.78 Å². The quantitative estimate of drug-likeness (QED) is 0.823. The van der Waals surface area contributed by atoms with Crippen LogP contribution in [-0.4, -0.2) is 0 Å². The molecule has 0 amide bonds. The lowest BCUT2D eigenvalue weighted by molar-refractivity contribution is 0.620. The van der Waals surface area contributed by atoms with E-state index in [0.29, 0.717) is 5.56 Å². The molecule has 0 heterocycles. The van der Waals surface area contributed by atoms with Gasteiger partial charge in [0.2, 0.25) is 0 Å². The van der Waals surface area contributed by atoms with E-state index in [9.17, 15) is 14.0 Å². The Kier molecular flexibility index (Phi) is 3.54. The van der Waals surface area contributed by atoms with Crippen molar-refractivity contribution in [2.24, 2.45) is 0 Å². The molecule has 0 aliphatic heterocycles. The molecule has 0 fully saturated rings. The zero-order valence-electron chi connectivity index (χ0n) is 9.77. The third kappa shape index (κ3) is 2.43. The molecular formula is C15H8F2N2. The van der Waals surface area contributed by atoms with Crippen molar-refractivity contribution in [2.75, 3.05) is 0 Å². The molecule has 0 aliphatic rings. The highest BCUT2D eigenvalue weighted by atomic mass is 19.1. The van der Waals surface area contributed by atoms with Gasteiger partial charge in [0.05, 0.1) is 17.6 Å². The first-order valence-electron chi connectivity index (χ1n) is 5.51. The third-order valence-electron chi connectivity index (χ3n) is 2.80. The smallest absolute Gasteiger partial charge is 0.141 e. The fourth-order valence-corrected chi connectivity index (χ4v) is 1.88. The Morgan fingerprint density at radius 1 is 0.947 bits per heavy atom. The van der Waals surface area contributed by atoms with Gasteiger partial charge in [0, 0.05) is 0 Å². The predicted octanol–water partition coefficient (Wildman–Crippen LogP) is 3.49. The number of rotatable bonds is 2. The van der Waals surface area contributed by atoms with Crippen LogP contribution in [0, 0.1) is 34.3 Å². The van der Waals surface area contributed by atoms with E-state index in [4.69, 9.17) is 5.26 Å². The van der Waals surface area contributed by atoms with Gasteiger partial charge in [0.25, 0.3) is 0 Å². The topological polar surface area (TPSA) is 47.6 Å². The number of nitriles is 2. The van der Waals surface area contributed by atoms with Crippen LogP contribution in [-0.2, 0) is 0 Å². The second-order valence-electron chi connectivity index (χ2n) is 3.93. The van der Waals surface area contributed by atoms with Crippen LogP contribution in [0.5, 0.6) is 0 Å². The minimum Gasteiger partial charge on any atom is -0.207 e. The van der Waals surface area contributed by atoms with E-state index in [0.717, 1.165) is 0 Å². The largest absolute Gasteiger partial charge is 0.207 e. The molecule has 0 spiro atoms. The fraction of sp³-hybridized carbons (Fsp3) is 0.0667. The van der Waals surface area contributed by atoms with Crippen LogP contribution in [0.2, 0.25) is 0 Å². The molecule has 2 aromatic carbocycles. The molecule has 0 radical (unpaired) electrons. The summed E-state index contributed by atoms with van der Waals surface area (Å²) < 4.78 is 26.4. The summed E-state index contributed by atoms with van der Waals surface area (Å²) in [6.07, 6.45) is 0. The summed E-state index contributed by atoms with van der Waals surface area (Å²) in [5.74, 6) is -1.88. The molecule has 0 saturated heterocycles. The lowest BCUT2D eigenvalue weighted by Gasteiger charge is -2.11. The Morgan fingerprint density at radius 2 is 1.63 bits per heavy atom. The summed E-state index contributed by atoms with van der Waals surface area (Å²) in [4.78, 5) is 0. The van der Waals surface area contributed by atoms with Gasteiger partial charge < -0.3 is 0 Å². The van der Waals surface area contributed by atoms with Crippen molar-refractivity contribution in [3.8, 4) is 12.1 Å². The maximum Gasteiger partial charge on any atom is 0.141 e. The van der Waals surface area contributed by atoms with Crippen LogP contribution >= 0.6 is 0 Å². The van der Waals surface area contributed by atoms with Gasteiger partial charge in [-0.1, -0.05) is 24.3 Å². The number of benzene rings is 2. The van der Waals surface area contributed by atoms with E-state index in [2.05, 4.69) is 0 Å². The van der Waals surface area contributed by atoms with E-state index < -0.39 is 17.6 Å². The third-order valence-corrected chi connectivity index (χ3v) is 2.80. The van der Waals surface area contributed by atoms with Crippen LogP contribution < -0.4 is 0 Å². The SMILES string of the molecule is N#Cc1c(F)cccc1C(C#N)c1ccc(F)cc1. The molecule has 0 aliphatic carbocycles. The number of hydrogen-bond acceptors (Lipinski definition) is 2. The van der Waals surface area contributed by atoms with Gasteiger partial charge in [0.1, 0.15) is 17.7 Å². The average molecular weight is 254 g/mol. The van der Waals surface area contributed by atoms with Gasteiger partial charge in [-0.25, -0.2) is 8.78 Å². The van der Waals surface area contributed by atoms with Crippen molar-refractivity contribution in [1.82, 2.24) is 0 Å². The van der Waals surface area contributed by atoms with Gasteiger partial charge in [-0.3, -0.25) is 0 Å². The van der Waals surface area contributed by atoms with Crippen LogP contribution in [0.3, 0.4) is 0 Å². The Bertz CT molecular complexity index is 679. The monoisotopic (exact) mass is 254 g/mol. The minimum atomic E-state index is -0.800. The Hall–Kier alpha value is -2.72. The summed E-state index contributed by atoms with van der Waals surface area (Å²) in [6.45, 7) is 0. The summed E-state index contributed by atoms with van der Waals surface area (Å²) >= 11 is 0. The first-order valence-corrected chi connectivity index (χ1v) is 5.51. The summed E-state index contributed by atoms with van der Waals surface area (Å²) in [6, 6.07) is 13.3. The lowest BCUT2D eigenvalue weighted by atomic mass is 9.89. The summed E-state index contributed by atoms with van der Waals surface area (Å²) in [7, 11) is 0. The molecule has 2 aromatic rings. The maximum absolute atomic E-state index is 13.5. The molecule has 1 unspecified atom stereocenters. The van der Waals surface area contributed by atoms with Crippen LogP contribution in [0.25, 0.3) is 0 Å². The van der Waals surface area contributed by atoms with Crippen molar-refractivity contribution < 1.29 is 8.78 Å². The molecule has 0 aromatic heterocycles. The van der Waals surface area contributed by atoms with E-state index in [1.165, 1.54) is 42.5 Å². The van der Waals surface area contributed by atoms with E-state index in [-0.39, 0.29) is 11.1 Å². The highest BCUT2D eigenvalue weighted by molar-refractivity contribution is 5.48. The second-order valence-corrected chi connectivity index (χ2v) is 3.93. The Balaban J connectivity index is 2.56. The van der Waals surface area contributed by atoms with Crippen LogP contribution in [0.15, 0.2) is 42.5 Å². The van der Waals surface area contributed by atoms with E-state index in [1.54, 1.807) is 6.07 Å². The van der Waals surface area contributed by atoms with Gasteiger partial charge >= 0.3 is 0 Å². The molecule has 0 bridgehead atoms. The van der Waals surface area contributed by atoms with Crippen molar-refractivity contribution in [1.29, 1.82) is 10.5 Å². The maximum atomic E-state index is 13.5. The van der Waals surface area contributed by atoms with Crippen molar-refractivity contribution in [2.45, 2.75) is 5.92 Å². The van der Waals surface area contributed by atoms with E-state index in [1.807, 2.05) is 6.07 Å². The Labute approximate surface area is 109 Å². The van der Waals surface area contributed by atoms with Gasteiger partial charge in [-0.2, -0.15) is 10.5 Å². The molecule has 2 rings (SSSR count). The molecular weight excluding hydrogens is 246 g/mol. The molecule has 0 N–H and O–H groups in total. The number of hydrogen-bond donors (Lipinski definition) is 0. The molecule has 19 heavy (non-hydrogen) atoms. The van der Waals surface area contributed by atoms with Crippen molar-refractivity contribution >= 4 is 0 Å². The van der Waals surface area contributed by atoms with Crippen molar-refractivity contribution in [3.05, 3.63) is 70.8 Å². The van der Waals surface area contributed by atoms with E-state index >= 15 is 0 Å². The highest BCUT2D eigenvalue weighted by Gasteiger charge is 2.19. The van der Waals surface area contributed by atoms with Gasteiger partial charge in [0.15, 0.2) is 0 Å². The van der Waals surface area contributed by atoms with Crippen molar-refractivity contribution in [3.63, 3.8) is 0 Å². The molecule has 2 nitrogen and oxygen atoms in total. The lowest BCUT2D eigenvalue weighted by Crippen LogP contribution is -2.03. The first kappa shape index (κ1) is 12.7. The molecule has 1 atom stereocenters. The standard InChI is InChI=1S/C15H8F2N2/c16-11-6-4-10(5-7-11)13(8-18)12-2-1-3-15(17)14(12)9-19/h1-7,13H. The van der Waals surface area contributed by atoms with Gasteiger partial charge in [-0.15, -0.1) is 0 Å². The molecule has 92 valence electrons.